The Morgan fingerprint density at radius 3 is 3.05 bits per heavy atom. The Balaban J connectivity index is 1.80. The van der Waals surface area contributed by atoms with E-state index in [0.717, 1.165) is 30.0 Å². The molecule has 0 radical (unpaired) electrons. The van der Waals surface area contributed by atoms with Gasteiger partial charge in [-0.05, 0) is 56.0 Å². The second-order valence-electron chi connectivity index (χ2n) is 5.95. The standard InChI is InChI=1S/C16H24N2OS2/c1-2-18(13-5-3-4-11(13)9-17)16(19)15-8-12-10-20-7-6-14(12)21-15/h8,11,13H,2-7,9-10,17H2,1H3. The average Bonchev–Trinajstić information content (AvgIpc) is 3.14. The van der Waals surface area contributed by atoms with Crippen molar-refractivity contribution in [1.82, 2.24) is 4.90 Å². The van der Waals surface area contributed by atoms with Crippen LogP contribution < -0.4 is 5.73 Å². The van der Waals surface area contributed by atoms with E-state index in [1.54, 1.807) is 11.3 Å². The molecule has 0 spiro atoms. The van der Waals surface area contributed by atoms with Gasteiger partial charge in [0.25, 0.3) is 5.91 Å². The van der Waals surface area contributed by atoms with E-state index in [9.17, 15) is 4.79 Å². The topological polar surface area (TPSA) is 46.3 Å². The molecule has 1 aliphatic heterocycles. The van der Waals surface area contributed by atoms with Gasteiger partial charge in [0, 0.05) is 23.2 Å². The molecule has 2 N–H and O–H groups in total. The monoisotopic (exact) mass is 324 g/mol. The highest BCUT2D eigenvalue weighted by molar-refractivity contribution is 7.98. The minimum atomic E-state index is 0.229. The van der Waals surface area contributed by atoms with E-state index in [-0.39, 0.29) is 5.91 Å². The van der Waals surface area contributed by atoms with Crippen LogP contribution in [0.25, 0.3) is 0 Å². The molecule has 2 aliphatic rings. The summed E-state index contributed by atoms with van der Waals surface area (Å²) >= 11 is 3.69. The molecule has 5 heteroatoms. The lowest BCUT2D eigenvalue weighted by Crippen LogP contribution is -2.43. The van der Waals surface area contributed by atoms with Gasteiger partial charge in [-0.3, -0.25) is 4.79 Å². The number of aryl methyl sites for hydroxylation is 1. The van der Waals surface area contributed by atoms with Crippen molar-refractivity contribution >= 4 is 29.0 Å². The summed E-state index contributed by atoms with van der Waals surface area (Å²) in [6.07, 6.45) is 4.61. The number of carbonyl (C=O) groups excluding carboxylic acids is 1. The molecule has 1 amide bonds. The minimum Gasteiger partial charge on any atom is -0.335 e. The molecule has 2 heterocycles. The van der Waals surface area contributed by atoms with Crippen molar-refractivity contribution in [3.63, 3.8) is 0 Å². The quantitative estimate of drug-likeness (QED) is 0.925. The summed E-state index contributed by atoms with van der Waals surface area (Å²) in [5.41, 5.74) is 7.28. The molecule has 2 unspecified atom stereocenters. The van der Waals surface area contributed by atoms with Crippen LogP contribution in [0.4, 0.5) is 0 Å². The predicted octanol–water partition coefficient (Wildman–Crippen LogP) is 3.13. The number of carbonyl (C=O) groups is 1. The van der Waals surface area contributed by atoms with Gasteiger partial charge in [0.1, 0.15) is 0 Å². The molecule has 1 aliphatic carbocycles. The fourth-order valence-electron chi connectivity index (χ4n) is 3.63. The Morgan fingerprint density at radius 1 is 1.48 bits per heavy atom. The third-order valence-electron chi connectivity index (χ3n) is 4.76. The maximum atomic E-state index is 12.9. The lowest BCUT2D eigenvalue weighted by molar-refractivity contribution is 0.0657. The van der Waals surface area contributed by atoms with Crippen molar-refractivity contribution in [2.45, 2.75) is 44.4 Å². The Hall–Kier alpha value is -0.520. The van der Waals surface area contributed by atoms with Gasteiger partial charge in [0.15, 0.2) is 0 Å². The first-order valence-corrected chi connectivity index (χ1v) is 9.92. The highest BCUT2D eigenvalue weighted by Gasteiger charge is 2.34. The van der Waals surface area contributed by atoms with Crippen molar-refractivity contribution in [2.75, 3.05) is 18.8 Å². The summed E-state index contributed by atoms with van der Waals surface area (Å²) < 4.78 is 0. The van der Waals surface area contributed by atoms with Crippen LogP contribution in [0.15, 0.2) is 6.07 Å². The van der Waals surface area contributed by atoms with Gasteiger partial charge in [-0.15, -0.1) is 11.3 Å². The predicted molar refractivity (Wildman–Crippen MR) is 91.1 cm³/mol. The molecule has 0 bridgehead atoms. The molecular formula is C16H24N2OS2. The van der Waals surface area contributed by atoms with Crippen LogP contribution in [0.3, 0.4) is 0 Å². The number of nitrogens with zero attached hydrogens (tertiary/aromatic N) is 1. The summed E-state index contributed by atoms with van der Waals surface area (Å²) in [5.74, 6) is 2.97. The molecule has 1 saturated carbocycles. The zero-order chi connectivity index (χ0) is 14.8. The zero-order valence-electron chi connectivity index (χ0n) is 12.6. The number of hydrogen-bond acceptors (Lipinski definition) is 4. The second-order valence-corrected chi connectivity index (χ2v) is 8.19. The number of rotatable bonds is 4. The first-order chi connectivity index (χ1) is 10.2. The lowest BCUT2D eigenvalue weighted by Gasteiger charge is -2.31. The van der Waals surface area contributed by atoms with Crippen LogP contribution in [0.1, 0.15) is 46.3 Å². The van der Waals surface area contributed by atoms with E-state index in [4.69, 9.17) is 5.73 Å². The van der Waals surface area contributed by atoms with Gasteiger partial charge in [-0.2, -0.15) is 11.8 Å². The van der Waals surface area contributed by atoms with Crippen molar-refractivity contribution in [3.05, 3.63) is 21.4 Å². The number of thiophene rings is 1. The SMILES string of the molecule is CCN(C(=O)c1cc2c(s1)CCSC2)C1CCCC1CN. The number of thioether (sulfide) groups is 1. The van der Waals surface area contributed by atoms with Gasteiger partial charge >= 0.3 is 0 Å². The van der Waals surface area contributed by atoms with Crippen LogP contribution in [0.2, 0.25) is 0 Å². The Labute approximate surface area is 135 Å². The maximum Gasteiger partial charge on any atom is 0.264 e. The zero-order valence-corrected chi connectivity index (χ0v) is 14.3. The van der Waals surface area contributed by atoms with Crippen LogP contribution in [-0.4, -0.2) is 35.7 Å². The molecule has 3 rings (SSSR count). The molecule has 21 heavy (non-hydrogen) atoms. The largest absolute Gasteiger partial charge is 0.335 e. The minimum absolute atomic E-state index is 0.229. The molecule has 1 fully saturated rings. The smallest absolute Gasteiger partial charge is 0.264 e. The average molecular weight is 325 g/mol. The van der Waals surface area contributed by atoms with Crippen LogP contribution in [0.5, 0.6) is 0 Å². The molecule has 1 aromatic heterocycles. The van der Waals surface area contributed by atoms with Gasteiger partial charge in [-0.1, -0.05) is 6.42 Å². The summed E-state index contributed by atoms with van der Waals surface area (Å²) in [5, 5.41) is 0. The molecule has 2 atom stereocenters. The maximum absolute atomic E-state index is 12.9. The van der Waals surface area contributed by atoms with Crippen LogP contribution >= 0.6 is 23.1 Å². The lowest BCUT2D eigenvalue weighted by atomic mass is 10.0. The highest BCUT2D eigenvalue weighted by atomic mass is 32.2. The third-order valence-corrected chi connectivity index (χ3v) is 7.00. The molecular weight excluding hydrogens is 300 g/mol. The van der Waals surface area contributed by atoms with Gasteiger partial charge < -0.3 is 10.6 Å². The normalized spacial score (nSPS) is 24.9. The Morgan fingerprint density at radius 2 is 2.33 bits per heavy atom. The van der Waals surface area contributed by atoms with Crippen molar-refractivity contribution in [1.29, 1.82) is 0 Å². The molecule has 116 valence electrons. The van der Waals surface area contributed by atoms with Crippen LogP contribution in [0, 0.1) is 5.92 Å². The third kappa shape index (κ3) is 3.01. The van der Waals surface area contributed by atoms with Gasteiger partial charge in [0.05, 0.1) is 4.88 Å². The number of hydrogen-bond donors (Lipinski definition) is 1. The number of nitrogens with two attached hydrogens (primary N) is 1. The van der Waals surface area contributed by atoms with Crippen molar-refractivity contribution < 1.29 is 4.79 Å². The van der Waals surface area contributed by atoms with Gasteiger partial charge in [-0.25, -0.2) is 0 Å². The second kappa shape index (κ2) is 6.71. The summed E-state index contributed by atoms with van der Waals surface area (Å²) in [6, 6.07) is 2.49. The highest BCUT2D eigenvalue weighted by Crippen LogP contribution is 2.34. The fraction of sp³-hybridized carbons (Fsp3) is 0.688. The van der Waals surface area contributed by atoms with E-state index in [2.05, 4.69) is 17.9 Å². The molecule has 1 aromatic rings. The Bertz CT molecular complexity index is 491. The molecule has 0 aromatic carbocycles. The Kier molecular flexibility index (Phi) is 4.92. The van der Waals surface area contributed by atoms with Crippen LogP contribution in [-0.2, 0) is 12.2 Å². The molecule has 0 saturated heterocycles. The van der Waals surface area contributed by atoms with Crippen molar-refractivity contribution in [2.24, 2.45) is 11.7 Å². The first-order valence-electron chi connectivity index (χ1n) is 7.95. The van der Waals surface area contributed by atoms with Crippen molar-refractivity contribution in [3.8, 4) is 0 Å². The van der Waals surface area contributed by atoms with E-state index in [1.807, 2.05) is 11.8 Å². The fourth-order valence-corrected chi connectivity index (χ4v) is 5.95. The number of amides is 1. The first kappa shape index (κ1) is 15.4. The number of fused-ring (bicyclic) bond motifs is 1. The molecule has 3 nitrogen and oxygen atoms in total. The summed E-state index contributed by atoms with van der Waals surface area (Å²) in [6.45, 7) is 3.58. The van der Waals surface area contributed by atoms with E-state index < -0.39 is 0 Å². The summed E-state index contributed by atoms with van der Waals surface area (Å²) in [7, 11) is 0. The summed E-state index contributed by atoms with van der Waals surface area (Å²) in [4.78, 5) is 17.4. The van der Waals surface area contributed by atoms with E-state index in [1.165, 1.54) is 29.0 Å². The van der Waals surface area contributed by atoms with E-state index in [0.29, 0.717) is 18.5 Å². The van der Waals surface area contributed by atoms with E-state index >= 15 is 0 Å². The van der Waals surface area contributed by atoms with Gasteiger partial charge in [0.2, 0.25) is 0 Å².